The van der Waals surface area contributed by atoms with E-state index in [0.717, 1.165) is 44.9 Å². The molecule has 1 amide bonds. The highest BCUT2D eigenvalue weighted by Crippen LogP contribution is 2.20. The molecule has 6 heteroatoms. The smallest absolute Gasteiger partial charge is 0.305 e. The van der Waals surface area contributed by atoms with Gasteiger partial charge in [-0.3, -0.25) is 9.59 Å². The van der Waals surface area contributed by atoms with Crippen LogP contribution in [0, 0.1) is 0 Å². The van der Waals surface area contributed by atoms with Crippen molar-refractivity contribution in [3.8, 4) is 0 Å². The van der Waals surface area contributed by atoms with E-state index in [2.05, 4.69) is 43.5 Å². The van der Waals surface area contributed by atoms with E-state index in [4.69, 9.17) is 4.74 Å². The van der Waals surface area contributed by atoms with E-state index in [-0.39, 0.29) is 18.5 Å². The van der Waals surface area contributed by atoms with Crippen molar-refractivity contribution in [2.75, 3.05) is 13.2 Å². The van der Waals surface area contributed by atoms with Crippen LogP contribution in [-0.4, -0.2) is 47.4 Å². The molecule has 0 radical (unpaired) electrons. The molecule has 0 aliphatic heterocycles. The Morgan fingerprint density at radius 3 is 0.854 bits per heavy atom. The lowest BCUT2D eigenvalue weighted by atomic mass is 10.0. The lowest BCUT2D eigenvalue weighted by Gasteiger charge is -2.20. The van der Waals surface area contributed by atoms with E-state index in [9.17, 15) is 19.8 Å². The zero-order valence-electron chi connectivity index (χ0n) is 60.4. The number of hydrogen-bond donors (Lipinski definition) is 3. The molecule has 6 nitrogen and oxygen atoms in total. The second-order valence-corrected chi connectivity index (χ2v) is 28.1. The quantitative estimate of drug-likeness (QED) is 0.0320. The minimum atomic E-state index is -0.844. The highest BCUT2D eigenvalue weighted by Gasteiger charge is 2.18. The summed E-state index contributed by atoms with van der Waals surface area (Å²) in [4.78, 5) is 24.6. The lowest BCUT2D eigenvalue weighted by molar-refractivity contribution is -0.143. The van der Waals surface area contributed by atoms with Gasteiger partial charge in [0.15, 0.2) is 0 Å². The average molecular weight is 1250 g/mol. The Bertz CT molecular complexity index is 1440. The maximum Gasteiger partial charge on any atom is 0.305 e. The number of hydrogen-bond acceptors (Lipinski definition) is 5. The van der Waals surface area contributed by atoms with Gasteiger partial charge in [0.05, 0.1) is 25.4 Å². The summed E-state index contributed by atoms with van der Waals surface area (Å²) in [6, 6.07) is -0.627. The second kappa shape index (κ2) is 78.5. The molecule has 2 atom stereocenters. The Morgan fingerprint density at radius 2 is 0.562 bits per heavy atom. The number of carbonyl (C=O) groups excluding carboxylic acids is 2. The number of aliphatic hydroxyl groups excluding tert-OH is 2. The van der Waals surface area contributed by atoms with Crippen LogP contribution in [0.15, 0.2) is 36.5 Å². The van der Waals surface area contributed by atoms with Crippen LogP contribution in [0.5, 0.6) is 0 Å². The fourth-order valence-electron chi connectivity index (χ4n) is 13.0. The molecule has 2 unspecified atom stereocenters. The number of ether oxygens (including phenoxy) is 1. The SMILES string of the molecule is CCCCCCCCCCCCCCCCCCCCC/C=C/C(O)C(CO)NC(=O)CCCCCCCCCCCCCCCCCCC/C=C\C/C=C\CCCCCCCCCCCCCCCCCOC(=O)CCCCCCCCCCCCCC. The van der Waals surface area contributed by atoms with Crippen LogP contribution in [-0.2, 0) is 14.3 Å². The van der Waals surface area contributed by atoms with E-state index in [1.54, 1.807) is 6.08 Å². The summed E-state index contributed by atoms with van der Waals surface area (Å²) in [7, 11) is 0. The molecular formula is C83H159NO5. The molecule has 526 valence electrons. The maximum atomic E-state index is 12.5. The number of allylic oxidation sites excluding steroid dienone is 5. The van der Waals surface area contributed by atoms with E-state index >= 15 is 0 Å². The number of unbranched alkanes of at least 4 members (excludes halogenated alkanes) is 62. The maximum absolute atomic E-state index is 12.5. The second-order valence-electron chi connectivity index (χ2n) is 28.1. The van der Waals surface area contributed by atoms with Gasteiger partial charge in [0.25, 0.3) is 0 Å². The first-order chi connectivity index (χ1) is 44.0. The largest absolute Gasteiger partial charge is 0.466 e. The first-order valence-corrected chi connectivity index (χ1v) is 40.8. The number of carbonyl (C=O) groups is 2. The molecule has 0 rings (SSSR count). The van der Waals surface area contributed by atoms with Gasteiger partial charge in [0.1, 0.15) is 0 Å². The molecule has 0 saturated carbocycles. The fourth-order valence-corrected chi connectivity index (χ4v) is 13.0. The van der Waals surface area contributed by atoms with E-state index in [0.29, 0.717) is 19.4 Å². The molecule has 0 fully saturated rings. The standard InChI is InChI=1S/C83H159NO5/c1-3-5-7-9-11-13-15-17-18-19-20-40-43-46-49-52-55-59-63-67-71-75-81(86)80(79-85)84-82(87)76-72-68-64-60-56-53-50-47-44-41-38-36-34-32-30-28-26-24-22-21-23-25-27-29-31-33-35-37-39-42-45-48-51-54-58-62-66-70-74-78-89-83(88)77-73-69-65-61-57-16-14-12-10-8-6-4-2/h21-22,25,27,71,75,80-81,85-86H,3-20,23-24,26,28-70,72-74,76-79H2,1-2H3,(H,84,87)/b22-21-,27-25-,75-71+. The first-order valence-electron chi connectivity index (χ1n) is 40.8. The van der Waals surface area contributed by atoms with Gasteiger partial charge in [-0.1, -0.05) is 416 Å². The van der Waals surface area contributed by atoms with Gasteiger partial charge >= 0.3 is 5.97 Å². The van der Waals surface area contributed by atoms with Crippen molar-refractivity contribution in [2.24, 2.45) is 0 Å². The molecule has 0 heterocycles. The summed E-state index contributed by atoms with van der Waals surface area (Å²) >= 11 is 0. The molecular weight excluding hydrogens is 1090 g/mol. The summed E-state index contributed by atoms with van der Waals surface area (Å²) in [6.45, 7) is 4.95. The summed E-state index contributed by atoms with van der Waals surface area (Å²) in [5.74, 6) is -0.0388. The first kappa shape index (κ1) is 87.1. The van der Waals surface area contributed by atoms with Crippen LogP contribution in [0.4, 0.5) is 0 Å². The van der Waals surface area contributed by atoms with Gasteiger partial charge in [-0.05, 0) is 64.2 Å². The van der Waals surface area contributed by atoms with Crippen LogP contribution in [0.1, 0.15) is 457 Å². The van der Waals surface area contributed by atoms with Crippen LogP contribution in [0.25, 0.3) is 0 Å². The van der Waals surface area contributed by atoms with Crippen molar-refractivity contribution in [1.82, 2.24) is 5.32 Å². The average Bonchev–Trinajstić information content (AvgIpc) is 3.60. The normalized spacial score (nSPS) is 12.6. The van der Waals surface area contributed by atoms with Crippen LogP contribution in [0.2, 0.25) is 0 Å². The summed E-state index contributed by atoms with van der Waals surface area (Å²) in [6.07, 6.45) is 103. The van der Waals surface area contributed by atoms with Gasteiger partial charge in [-0.25, -0.2) is 0 Å². The predicted octanol–water partition coefficient (Wildman–Crippen LogP) is 27.0. The molecule has 0 aliphatic carbocycles. The van der Waals surface area contributed by atoms with Crippen molar-refractivity contribution in [1.29, 1.82) is 0 Å². The lowest BCUT2D eigenvalue weighted by Crippen LogP contribution is -2.45. The van der Waals surface area contributed by atoms with Crippen molar-refractivity contribution in [3.63, 3.8) is 0 Å². The van der Waals surface area contributed by atoms with Gasteiger partial charge in [-0.2, -0.15) is 0 Å². The van der Waals surface area contributed by atoms with Crippen LogP contribution >= 0.6 is 0 Å². The zero-order valence-corrected chi connectivity index (χ0v) is 60.4. The van der Waals surface area contributed by atoms with Gasteiger partial charge in [0.2, 0.25) is 5.91 Å². The summed E-state index contributed by atoms with van der Waals surface area (Å²) in [5, 5.41) is 23.3. The monoisotopic (exact) mass is 1250 g/mol. The molecule has 0 saturated heterocycles. The van der Waals surface area contributed by atoms with E-state index in [1.165, 1.54) is 385 Å². The fraction of sp³-hybridized carbons (Fsp3) is 0.904. The molecule has 89 heavy (non-hydrogen) atoms. The molecule has 3 N–H and O–H groups in total. The van der Waals surface area contributed by atoms with Crippen molar-refractivity contribution in [2.45, 2.75) is 469 Å². The van der Waals surface area contributed by atoms with Crippen LogP contribution < -0.4 is 5.32 Å². The number of rotatable bonds is 77. The van der Waals surface area contributed by atoms with Crippen molar-refractivity contribution < 1.29 is 24.5 Å². The topological polar surface area (TPSA) is 95.9 Å². The van der Waals surface area contributed by atoms with Gasteiger partial charge in [0, 0.05) is 12.8 Å². The Hall–Kier alpha value is -1.92. The van der Waals surface area contributed by atoms with E-state index < -0.39 is 12.1 Å². The summed E-state index contributed by atoms with van der Waals surface area (Å²) < 4.78 is 5.49. The zero-order chi connectivity index (χ0) is 64.2. The Kier molecular flexibility index (Phi) is 76.8. The number of esters is 1. The minimum absolute atomic E-state index is 0.0215. The Morgan fingerprint density at radius 1 is 0.315 bits per heavy atom. The minimum Gasteiger partial charge on any atom is -0.466 e. The molecule has 0 bridgehead atoms. The molecule has 0 aromatic heterocycles. The third kappa shape index (κ3) is 75.0. The highest BCUT2D eigenvalue weighted by atomic mass is 16.5. The number of aliphatic hydroxyl groups is 2. The predicted molar refractivity (Wildman–Crippen MR) is 393 cm³/mol. The summed E-state index contributed by atoms with van der Waals surface area (Å²) in [5.41, 5.74) is 0. The number of amides is 1. The molecule has 0 aliphatic rings. The van der Waals surface area contributed by atoms with Gasteiger partial charge < -0.3 is 20.3 Å². The third-order valence-electron chi connectivity index (χ3n) is 19.2. The molecule has 0 spiro atoms. The highest BCUT2D eigenvalue weighted by molar-refractivity contribution is 5.76. The molecule has 0 aromatic carbocycles. The van der Waals surface area contributed by atoms with Gasteiger partial charge in [-0.15, -0.1) is 0 Å². The van der Waals surface area contributed by atoms with Crippen molar-refractivity contribution >= 4 is 11.9 Å². The third-order valence-corrected chi connectivity index (χ3v) is 19.2. The Balaban J connectivity index is 3.37. The number of nitrogens with one attached hydrogen (secondary N) is 1. The van der Waals surface area contributed by atoms with Crippen LogP contribution in [0.3, 0.4) is 0 Å². The Labute approximate surface area is 557 Å². The van der Waals surface area contributed by atoms with Crippen molar-refractivity contribution in [3.05, 3.63) is 36.5 Å². The molecule has 0 aromatic rings. The van der Waals surface area contributed by atoms with E-state index in [1.807, 2.05) is 6.08 Å².